The van der Waals surface area contributed by atoms with E-state index in [9.17, 15) is 0 Å². The van der Waals surface area contributed by atoms with Crippen LogP contribution in [0.15, 0.2) is 0 Å². The first kappa shape index (κ1) is 4.84. The Hall–Kier alpha value is -0.163. The van der Waals surface area contributed by atoms with E-state index in [1.165, 1.54) is 0 Å². The largest absolute Gasteiger partial charge is 0.226 e. The van der Waals surface area contributed by atoms with Crippen molar-refractivity contribution in [2.75, 3.05) is 0 Å². The molecule has 4 heteroatoms. The summed E-state index contributed by atoms with van der Waals surface area (Å²) in [6.45, 7) is 0.833. The minimum atomic E-state index is 0.0529. The second kappa shape index (κ2) is 3.84. The van der Waals surface area contributed by atoms with Crippen LogP contribution in [-0.4, -0.2) is 23.6 Å². The molecule has 0 aromatic carbocycles. The van der Waals surface area contributed by atoms with E-state index in [2.05, 4.69) is 13.4 Å². The standard InChI is InChI=1S/CH5B2NSi/c2-5-3-1-4/h3H,2,5H2. The number of nitrogens with zero attached hydrogens (tertiary/aromatic N) is 1. The van der Waals surface area contributed by atoms with Crippen LogP contribution >= 0.6 is 0 Å². The smallest absolute Gasteiger partial charge is 0.213 e. The normalized spacial score (nSPS) is 7.80. The van der Waals surface area contributed by atoms with Crippen LogP contribution in [0.5, 0.6) is 0 Å². The van der Waals surface area contributed by atoms with Gasteiger partial charge in [0.05, 0.1) is 7.44 Å². The summed E-state index contributed by atoms with van der Waals surface area (Å²) in [4.78, 5) is 0. The van der Waals surface area contributed by atoms with Gasteiger partial charge in [-0.2, -0.15) is 0 Å². The number of hydrogen-bond donors (Lipinski definition) is 0. The van der Waals surface area contributed by atoms with Crippen LogP contribution in [0.2, 0.25) is 0 Å². The fourth-order valence-corrected chi connectivity index (χ4v) is 0.335. The molecule has 0 atom stereocenters. The predicted molar refractivity (Wildman–Crippen MR) is 29.8 cm³/mol. The molecule has 0 saturated heterocycles. The highest BCUT2D eigenvalue weighted by Crippen LogP contribution is 1.37. The molecule has 0 N–H and O–H groups in total. The van der Waals surface area contributed by atoms with Gasteiger partial charge in [-0.3, -0.25) is 0 Å². The van der Waals surface area contributed by atoms with E-state index in [1.807, 2.05) is 0 Å². The predicted octanol–water partition coefficient (Wildman–Crippen LogP) is -2.46. The van der Waals surface area contributed by atoms with Crippen molar-refractivity contribution in [3.8, 4) is 5.97 Å². The molecule has 24 valence electrons. The number of hydrogen-bond acceptors (Lipinski definition) is 1. The van der Waals surface area contributed by atoms with Gasteiger partial charge >= 0.3 is 0 Å². The summed E-state index contributed by atoms with van der Waals surface area (Å²) < 4.78 is 0. The Labute approximate surface area is 35.7 Å². The minimum absolute atomic E-state index is 0.0529. The maximum atomic E-state index is 7.85. The summed E-state index contributed by atoms with van der Waals surface area (Å²) in [5.74, 6) is 2.08. The van der Waals surface area contributed by atoms with Crippen molar-refractivity contribution in [3.05, 3.63) is 0 Å². The van der Waals surface area contributed by atoms with Crippen LogP contribution in [0.25, 0.3) is 0 Å². The van der Waals surface area contributed by atoms with Crippen molar-refractivity contribution in [3.63, 3.8) is 0 Å². The van der Waals surface area contributed by atoms with Crippen LogP contribution < -0.4 is 0 Å². The van der Waals surface area contributed by atoms with Crippen molar-refractivity contribution in [2.24, 2.45) is 0 Å². The second-order valence-corrected chi connectivity index (χ2v) is 2.41. The highest BCUT2D eigenvalue weighted by Gasteiger charge is 1.73. The van der Waals surface area contributed by atoms with Gasteiger partial charge in [-0.1, -0.05) is 0 Å². The molecule has 0 aliphatic heterocycles. The Morgan fingerprint density at radius 3 is 2.60 bits per heavy atom. The Balaban J connectivity index is 2.48. The van der Waals surface area contributed by atoms with E-state index >= 15 is 0 Å². The topological polar surface area (TPSA) is 23.8 Å². The summed E-state index contributed by atoms with van der Waals surface area (Å²) in [5.41, 5.74) is 0. The fraction of sp³-hybridized carbons (Fsp3) is 0. The molecule has 0 saturated carbocycles. The second-order valence-electron chi connectivity index (χ2n) is 0.908. The highest BCUT2D eigenvalue weighted by molar-refractivity contribution is 7.26. The first-order chi connectivity index (χ1) is 2.41. The third kappa shape index (κ3) is 3.84. The molecule has 0 bridgehead atoms. The third-order valence-corrected chi connectivity index (χ3v) is 1.09. The maximum absolute atomic E-state index is 7.85. The molecule has 0 fully saturated rings. The summed E-state index contributed by atoms with van der Waals surface area (Å²) in [6, 6.07) is 0. The van der Waals surface area contributed by atoms with Gasteiger partial charge in [0.2, 0.25) is 6.87 Å². The van der Waals surface area contributed by atoms with Gasteiger partial charge in [0.1, 0.15) is 0 Å². The SMILES string of the molecule is B[SiH2]BC#N. The van der Waals surface area contributed by atoms with E-state index in [-0.39, 0.29) is 9.26 Å². The van der Waals surface area contributed by atoms with Gasteiger partial charge in [-0.15, -0.1) is 0 Å². The molecule has 0 aliphatic rings. The van der Waals surface area contributed by atoms with E-state index in [0.29, 0.717) is 0 Å². The van der Waals surface area contributed by atoms with Crippen LogP contribution in [0, 0.1) is 11.2 Å². The van der Waals surface area contributed by atoms with Crippen molar-refractivity contribution in [1.29, 1.82) is 5.26 Å². The molecule has 0 amide bonds. The molecule has 5 heavy (non-hydrogen) atoms. The Bertz CT molecular complexity index is 48.1. The van der Waals surface area contributed by atoms with Crippen LogP contribution in [-0.2, 0) is 0 Å². The van der Waals surface area contributed by atoms with Gasteiger partial charge in [0, 0.05) is 0 Å². The highest BCUT2D eigenvalue weighted by atomic mass is 28.2. The van der Waals surface area contributed by atoms with Crippen molar-refractivity contribution < 1.29 is 0 Å². The molecule has 0 aromatic rings. The zero-order valence-electron chi connectivity index (χ0n) is 3.36. The zero-order valence-corrected chi connectivity index (χ0v) is 4.78. The molecule has 0 unspecified atom stereocenters. The molecule has 0 heterocycles. The lowest BCUT2D eigenvalue weighted by atomic mass is 10.2. The Kier molecular flexibility index (Phi) is 3.71. The summed E-state index contributed by atoms with van der Waals surface area (Å²) in [6.07, 6.45) is 0. The first-order valence-electron chi connectivity index (χ1n) is 1.78. The average molecular weight is 80.8 g/mol. The average Bonchev–Trinajstić information content (AvgIpc) is 1.41. The van der Waals surface area contributed by atoms with Gasteiger partial charge in [0.25, 0.3) is 0 Å². The van der Waals surface area contributed by atoms with Crippen LogP contribution in [0.3, 0.4) is 0 Å². The minimum Gasteiger partial charge on any atom is -0.213 e. The molecular formula is CH5B2NSi. The summed E-state index contributed by atoms with van der Waals surface area (Å²) in [7, 11) is 2.18. The van der Waals surface area contributed by atoms with E-state index in [4.69, 9.17) is 5.26 Å². The van der Waals surface area contributed by atoms with Crippen LogP contribution in [0.4, 0.5) is 0 Å². The van der Waals surface area contributed by atoms with Gasteiger partial charge in [-0.25, -0.2) is 5.26 Å². The maximum Gasteiger partial charge on any atom is 0.226 e. The van der Waals surface area contributed by atoms with Crippen molar-refractivity contribution in [2.45, 2.75) is 0 Å². The lowest BCUT2D eigenvalue weighted by Crippen LogP contribution is -1.97. The van der Waals surface area contributed by atoms with Crippen molar-refractivity contribution in [1.82, 2.24) is 0 Å². The zero-order chi connectivity index (χ0) is 4.12. The first-order valence-corrected chi connectivity index (χ1v) is 4.20. The summed E-state index contributed by atoms with van der Waals surface area (Å²) in [5, 5.41) is 7.85. The van der Waals surface area contributed by atoms with E-state index in [0.717, 1.165) is 6.87 Å². The molecular weight excluding hydrogens is 75.7 g/mol. The summed E-state index contributed by atoms with van der Waals surface area (Å²) >= 11 is 0. The third-order valence-electron chi connectivity index (χ3n) is 0.362. The molecule has 0 aromatic heterocycles. The Morgan fingerprint density at radius 2 is 2.60 bits per heavy atom. The quantitative estimate of drug-likeness (QED) is 0.321. The number of nitriles is 1. The Morgan fingerprint density at radius 1 is 2.00 bits per heavy atom. The lowest BCUT2D eigenvalue weighted by Gasteiger charge is -1.58. The molecule has 0 rings (SSSR count). The lowest BCUT2D eigenvalue weighted by molar-refractivity contribution is 1.56. The molecule has 0 spiro atoms. The molecule has 1 nitrogen and oxygen atoms in total. The monoisotopic (exact) mass is 81.0 g/mol. The van der Waals surface area contributed by atoms with Gasteiger partial charge < -0.3 is 0 Å². The molecule has 0 aliphatic carbocycles. The van der Waals surface area contributed by atoms with Crippen LogP contribution in [0.1, 0.15) is 0 Å². The van der Waals surface area contributed by atoms with Gasteiger partial charge in [0.15, 0.2) is 0 Å². The fourth-order valence-electron chi connectivity index (χ4n) is 0.112. The molecule has 0 radical (unpaired) electrons. The number of rotatable bonds is 1. The van der Waals surface area contributed by atoms with E-state index < -0.39 is 0 Å². The van der Waals surface area contributed by atoms with E-state index in [1.54, 1.807) is 0 Å². The van der Waals surface area contributed by atoms with Crippen molar-refractivity contribution >= 4 is 23.6 Å². The van der Waals surface area contributed by atoms with Gasteiger partial charge in [-0.05, 0) is 15.2 Å².